The highest BCUT2D eigenvalue weighted by Crippen LogP contribution is 2.17. The van der Waals surface area contributed by atoms with E-state index in [1.807, 2.05) is 30.3 Å². The monoisotopic (exact) mass is 348 g/mol. The summed E-state index contributed by atoms with van der Waals surface area (Å²) in [6, 6.07) is 16.2. The van der Waals surface area contributed by atoms with Gasteiger partial charge in [0.05, 0.1) is 18.1 Å². The molecule has 1 aliphatic rings. The number of benzene rings is 2. The molecule has 0 bridgehead atoms. The van der Waals surface area contributed by atoms with E-state index in [4.69, 9.17) is 9.47 Å². The summed E-state index contributed by atoms with van der Waals surface area (Å²) in [5.41, 5.74) is 1.06. The molecule has 0 aliphatic carbocycles. The second-order valence-corrected chi connectivity index (χ2v) is 7.10. The van der Waals surface area contributed by atoms with Crippen LogP contribution in [0.5, 0.6) is 5.75 Å². The van der Waals surface area contributed by atoms with Gasteiger partial charge in [-0.2, -0.15) is 0 Å². The van der Waals surface area contributed by atoms with Gasteiger partial charge in [-0.25, -0.2) is 13.4 Å². The molecule has 1 saturated heterocycles. The summed E-state index contributed by atoms with van der Waals surface area (Å²) in [7, 11) is -3.58. The fraction of sp³-hybridized carbons (Fsp3) is 0.294. The van der Waals surface area contributed by atoms with E-state index in [0.717, 1.165) is 5.56 Å². The number of nitrogens with one attached hydrogen (secondary N) is 1. The lowest BCUT2D eigenvalue weighted by Gasteiger charge is -2.26. The van der Waals surface area contributed by atoms with Gasteiger partial charge in [0, 0.05) is 13.1 Å². The van der Waals surface area contributed by atoms with Gasteiger partial charge in [-0.05, 0) is 29.8 Å². The van der Waals surface area contributed by atoms with E-state index < -0.39 is 10.0 Å². The van der Waals surface area contributed by atoms with Gasteiger partial charge in [0.25, 0.3) is 10.0 Å². The van der Waals surface area contributed by atoms with Crippen LogP contribution < -0.4 is 9.57 Å². The number of ether oxygens (including phenoxy) is 2. The topological polar surface area (TPSA) is 67.9 Å². The van der Waals surface area contributed by atoms with Crippen LogP contribution in [-0.2, 0) is 21.4 Å². The van der Waals surface area contributed by atoms with Crippen molar-refractivity contribution in [2.75, 3.05) is 26.3 Å². The van der Waals surface area contributed by atoms with Crippen LogP contribution in [0.25, 0.3) is 0 Å². The van der Waals surface area contributed by atoms with Gasteiger partial charge in [-0.15, -0.1) is 4.83 Å². The molecule has 0 atom stereocenters. The zero-order chi connectivity index (χ0) is 16.8. The van der Waals surface area contributed by atoms with Gasteiger partial charge >= 0.3 is 0 Å². The van der Waals surface area contributed by atoms with Crippen LogP contribution in [-0.4, -0.2) is 39.7 Å². The largest absolute Gasteiger partial charge is 0.489 e. The van der Waals surface area contributed by atoms with Crippen LogP contribution in [0.15, 0.2) is 59.5 Å². The molecule has 0 spiro atoms. The Labute approximate surface area is 142 Å². The number of sulfonamides is 1. The number of hydrogen-bond donors (Lipinski definition) is 1. The third kappa shape index (κ3) is 4.55. The number of morpholine rings is 1. The lowest BCUT2D eigenvalue weighted by Crippen LogP contribution is -2.48. The van der Waals surface area contributed by atoms with Crippen LogP contribution >= 0.6 is 0 Å². The molecule has 24 heavy (non-hydrogen) atoms. The Morgan fingerprint density at radius 1 is 1.00 bits per heavy atom. The maximum Gasteiger partial charge on any atom is 0.253 e. The second kappa shape index (κ2) is 7.76. The summed E-state index contributed by atoms with van der Waals surface area (Å²) >= 11 is 0. The minimum atomic E-state index is -3.58. The van der Waals surface area contributed by atoms with E-state index in [2.05, 4.69) is 4.83 Å². The van der Waals surface area contributed by atoms with Gasteiger partial charge in [0.15, 0.2) is 0 Å². The fourth-order valence-corrected chi connectivity index (χ4v) is 3.46. The maximum absolute atomic E-state index is 12.4. The third-order valence-electron chi connectivity index (χ3n) is 3.64. The highest BCUT2D eigenvalue weighted by Gasteiger charge is 2.20. The lowest BCUT2D eigenvalue weighted by atomic mass is 10.2. The number of hydrazine groups is 1. The van der Waals surface area contributed by atoms with Crippen molar-refractivity contribution >= 4 is 10.0 Å². The van der Waals surface area contributed by atoms with E-state index in [0.29, 0.717) is 38.7 Å². The molecule has 7 heteroatoms. The van der Waals surface area contributed by atoms with Crippen LogP contribution in [0.2, 0.25) is 0 Å². The molecule has 1 heterocycles. The SMILES string of the molecule is O=S(=O)(NN1CCOCC1)c1ccc(OCc2ccccc2)cc1. The van der Waals surface area contributed by atoms with Crippen molar-refractivity contribution in [1.29, 1.82) is 0 Å². The molecule has 0 unspecified atom stereocenters. The molecule has 2 aromatic rings. The van der Waals surface area contributed by atoms with E-state index in [-0.39, 0.29) is 4.90 Å². The van der Waals surface area contributed by atoms with Gasteiger partial charge in [-0.1, -0.05) is 30.3 Å². The Balaban J connectivity index is 1.60. The summed E-state index contributed by atoms with van der Waals surface area (Å²) in [6.45, 7) is 2.57. The summed E-state index contributed by atoms with van der Waals surface area (Å²) in [5.74, 6) is 0.629. The first-order valence-corrected chi connectivity index (χ1v) is 9.24. The third-order valence-corrected chi connectivity index (χ3v) is 5.03. The number of nitrogens with zero attached hydrogens (tertiary/aromatic N) is 1. The van der Waals surface area contributed by atoms with Crippen LogP contribution in [0.3, 0.4) is 0 Å². The summed E-state index contributed by atoms with van der Waals surface area (Å²) < 4.78 is 35.6. The second-order valence-electron chi connectivity index (χ2n) is 5.44. The quantitative estimate of drug-likeness (QED) is 0.862. The first-order chi connectivity index (χ1) is 11.6. The van der Waals surface area contributed by atoms with E-state index in [1.165, 1.54) is 0 Å². The molecule has 0 amide bonds. The normalized spacial score (nSPS) is 16.0. The zero-order valence-electron chi connectivity index (χ0n) is 13.2. The average Bonchev–Trinajstić information content (AvgIpc) is 2.62. The van der Waals surface area contributed by atoms with Crippen molar-refractivity contribution in [1.82, 2.24) is 9.84 Å². The molecule has 1 fully saturated rings. The minimum Gasteiger partial charge on any atom is -0.489 e. The standard InChI is InChI=1S/C17H20N2O4S/c20-24(21,18-19-10-12-22-13-11-19)17-8-6-16(7-9-17)23-14-15-4-2-1-3-5-15/h1-9,18H,10-14H2. The molecule has 128 valence electrons. The van der Waals surface area contributed by atoms with Crippen molar-refractivity contribution in [3.05, 3.63) is 60.2 Å². The first-order valence-electron chi connectivity index (χ1n) is 7.75. The molecule has 2 aromatic carbocycles. The van der Waals surface area contributed by atoms with Crippen molar-refractivity contribution in [3.8, 4) is 5.75 Å². The number of hydrogen-bond acceptors (Lipinski definition) is 5. The number of rotatable bonds is 6. The van der Waals surface area contributed by atoms with Crippen molar-refractivity contribution in [3.63, 3.8) is 0 Å². The molecule has 1 N–H and O–H groups in total. The van der Waals surface area contributed by atoms with E-state index in [9.17, 15) is 8.42 Å². The molecule has 0 aromatic heterocycles. The fourth-order valence-electron chi connectivity index (χ4n) is 2.33. The lowest BCUT2D eigenvalue weighted by molar-refractivity contribution is 0.0272. The Hall–Kier alpha value is -1.93. The molecule has 0 radical (unpaired) electrons. The highest BCUT2D eigenvalue weighted by molar-refractivity contribution is 7.89. The van der Waals surface area contributed by atoms with Crippen LogP contribution in [0, 0.1) is 0 Å². The van der Waals surface area contributed by atoms with E-state index in [1.54, 1.807) is 29.3 Å². The van der Waals surface area contributed by atoms with Crippen molar-refractivity contribution in [2.24, 2.45) is 0 Å². The summed E-state index contributed by atoms with van der Waals surface area (Å²) in [5, 5.41) is 1.65. The summed E-state index contributed by atoms with van der Waals surface area (Å²) in [4.78, 5) is 2.78. The first kappa shape index (κ1) is 16.9. The molecule has 3 rings (SSSR count). The van der Waals surface area contributed by atoms with Crippen molar-refractivity contribution in [2.45, 2.75) is 11.5 Å². The van der Waals surface area contributed by atoms with Crippen LogP contribution in [0.1, 0.15) is 5.56 Å². The van der Waals surface area contributed by atoms with Crippen LogP contribution in [0.4, 0.5) is 0 Å². The Kier molecular flexibility index (Phi) is 5.47. The van der Waals surface area contributed by atoms with Gasteiger partial charge in [0.2, 0.25) is 0 Å². The van der Waals surface area contributed by atoms with Gasteiger partial charge in [-0.3, -0.25) is 0 Å². The minimum absolute atomic E-state index is 0.209. The van der Waals surface area contributed by atoms with Crippen molar-refractivity contribution < 1.29 is 17.9 Å². The zero-order valence-corrected chi connectivity index (χ0v) is 14.0. The molecule has 0 saturated carbocycles. The van der Waals surface area contributed by atoms with Gasteiger partial charge in [0.1, 0.15) is 12.4 Å². The molecule has 1 aliphatic heterocycles. The maximum atomic E-state index is 12.4. The highest BCUT2D eigenvalue weighted by atomic mass is 32.2. The van der Waals surface area contributed by atoms with E-state index >= 15 is 0 Å². The average molecular weight is 348 g/mol. The Morgan fingerprint density at radius 3 is 2.33 bits per heavy atom. The predicted octanol–water partition coefficient (Wildman–Crippen LogP) is 1.79. The smallest absolute Gasteiger partial charge is 0.253 e. The Bertz CT molecular complexity index is 742. The summed E-state index contributed by atoms with van der Waals surface area (Å²) in [6.07, 6.45) is 0. The molecular weight excluding hydrogens is 328 g/mol. The van der Waals surface area contributed by atoms with Gasteiger partial charge < -0.3 is 9.47 Å². The molecule has 6 nitrogen and oxygen atoms in total. The molecular formula is C17H20N2O4S. The predicted molar refractivity (Wildman–Crippen MR) is 89.9 cm³/mol. The Morgan fingerprint density at radius 2 is 1.67 bits per heavy atom.